The Bertz CT molecular complexity index is 2720. The number of hydrogen-bond donors (Lipinski definition) is 2. The van der Waals surface area contributed by atoms with Gasteiger partial charge in [-0.3, -0.25) is 38.5 Å². The van der Waals surface area contributed by atoms with Gasteiger partial charge in [-0.05, 0) is 64.4 Å². The van der Waals surface area contributed by atoms with Crippen LogP contribution in [0.4, 0.5) is 5.95 Å². The molecule has 5 aromatic heterocycles. The molecular formula is C41H48N12O7S. The number of esters is 1. The van der Waals surface area contributed by atoms with Gasteiger partial charge in [0, 0.05) is 57.6 Å². The second-order valence-electron chi connectivity index (χ2n) is 14.3. The van der Waals surface area contributed by atoms with Crippen molar-refractivity contribution in [2.75, 3.05) is 51.9 Å². The van der Waals surface area contributed by atoms with Crippen LogP contribution >= 0.6 is 11.3 Å². The molecule has 0 saturated carbocycles. The van der Waals surface area contributed by atoms with Crippen LogP contribution in [-0.4, -0.2) is 114 Å². The molecule has 1 fully saturated rings. The predicted octanol–water partition coefficient (Wildman–Crippen LogP) is 3.73. The number of primary amides is 1. The summed E-state index contributed by atoms with van der Waals surface area (Å²) >= 11 is 1.21. The number of aromatic nitrogens is 8. The number of morpholine rings is 1. The van der Waals surface area contributed by atoms with E-state index in [9.17, 15) is 19.2 Å². The monoisotopic (exact) mass is 852 g/mol. The molecule has 7 rings (SSSR count). The molecule has 19 nitrogen and oxygen atoms in total. The lowest BCUT2D eigenvalue weighted by Crippen LogP contribution is -2.37. The summed E-state index contributed by atoms with van der Waals surface area (Å²) in [6.45, 7) is 13.0. The Labute approximate surface area is 354 Å². The second kappa shape index (κ2) is 18.8. The fourth-order valence-electron chi connectivity index (χ4n) is 7.08. The number of aryl methyl sites for hydroxylation is 4. The van der Waals surface area contributed by atoms with Gasteiger partial charge < -0.3 is 24.5 Å². The van der Waals surface area contributed by atoms with Gasteiger partial charge >= 0.3 is 5.97 Å². The number of carbonyl (C=O) groups is 4. The van der Waals surface area contributed by atoms with Gasteiger partial charge in [0.25, 0.3) is 11.8 Å². The zero-order valence-corrected chi connectivity index (χ0v) is 35.5. The zero-order valence-electron chi connectivity index (χ0n) is 34.7. The zero-order chi connectivity index (χ0) is 43.2. The number of benzene rings is 1. The van der Waals surface area contributed by atoms with Gasteiger partial charge in [-0.1, -0.05) is 23.5 Å². The first-order valence-electron chi connectivity index (χ1n) is 20.0. The van der Waals surface area contributed by atoms with E-state index in [1.54, 1.807) is 48.8 Å². The topological polar surface area (TPSA) is 221 Å². The van der Waals surface area contributed by atoms with Crippen LogP contribution in [0.25, 0.3) is 21.4 Å². The summed E-state index contributed by atoms with van der Waals surface area (Å²) in [5.41, 5.74) is 9.77. The number of nitrogens with two attached hydrogens (primary N) is 1. The number of imidazole rings is 1. The lowest BCUT2D eigenvalue weighted by Gasteiger charge is -2.26. The molecule has 0 radical (unpaired) electrons. The van der Waals surface area contributed by atoms with Gasteiger partial charge in [0.05, 0.1) is 54.1 Å². The third kappa shape index (κ3) is 9.45. The van der Waals surface area contributed by atoms with Crippen molar-refractivity contribution in [1.29, 1.82) is 0 Å². The van der Waals surface area contributed by atoms with Gasteiger partial charge in [-0.25, -0.2) is 14.8 Å². The van der Waals surface area contributed by atoms with Crippen molar-refractivity contribution in [3.8, 4) is 5.75 Å². The number of methoxy groups -OCH3 is 1. The number of nitrogens with one attached hydrogen (secondary N) is 1. The average Bonchev–Trinajstić information content (AvgIpc) is 4.02. The molecule has 61 heavy (non-hydrogen) atoms. The number of anilines is 1. The van der Waals surface area contributed by atoms with E-state index in [0.717, 1.165) is 26.1 Å². The highest BCUT2D eigenvalue weighted by atomic mass is 32.1. The van der Waals surface area contributed by atoms with Crippen molar-refractivity contribution >= 4 is 62.4 Å². The minimum absolute atomic E-state index is 0.196. The number of hydrogen-bond acceptors (Lipinski definition) is 13. The van der Waals surface area contributed by atoms with Crippen LogP contribution in [-0.2, 0) is 35.7 Å². The van der Waals surface area contributed by atoms with E-state index in [2.05, 4.69) is 30.4 Å². The first-order valence-corrected chi connectivity index (χ1v) is 20.8. The molecule has 0 unspecified atom stereocenters. The number of rotatable bonds is 16. The standard InChI is InChI=1S/C41H48N12O7S/c1-6-52-30(19-25(3)47-52)37(55)45-40-44-29-21-27(35(42)54)22-32(60-16-10-11-49-14-17-59-18-15-49)34(29)50(40)12-8-9-13-51-36-33(23-28(24-43-36)39(57)58-5)61-41(51)46-38(56)31-20-26(4)48-53(31)7-2/h8-9,19-24H,6-7,10-18H2,1-5H3,(H2,42,54)(H,44,45,55)/b9-8+,46-41?. The number of ether oxygens (including phenoxy) is 3. The average molecular weight is 853 g/mol. The van der Waals surface area contributed by atoms with Gasteiger partial charge in [0.1, 0.15) is 22.7 Å². The maximum atomic E-state index is 13.8. The van der Waals surface area contributed by atoms with E-state index in [1.165, 1.54) is 24.6 Å². The van der Waals surface area contributed by atoms with Crippen LogP contribution in [0.15, 0.2) is 53.7 Å². The van der Waals surface area contributed by atoms with Crippen LogP contribution in [0.3, 0.4) is 0 Å². The molecule has 3 amide bonds. The van der Waals surface area contributed by atoms with Crippen LogP contribution in [0.1, 0.15) is 73.3 Å². The largest absolute Gasteiger partial charge is 0.491 e. The Morgan fingerprint density at radius 3 is 2.31 bits per heavy atom. The number of thiazole rings is 1. The summed E-state index contributed by atoms with van der Waals surface area (Å²) in [5.74, 6) is -1.49. The minimum atomic E-state index is -0.649. The van der Waals surface area contributed by atoms with E-state index in [4.69, 9.17) is 24.9 Å². The molecule has 0 atom stereocenters. The predicted molar refractivity (Wildman–Crippen MR) is 227 cm³/mol. The van der Waals surface area contributed by atoms with Crippen LogP contribution in [0.5, 0.6) is 5.75 Å². The summed E-state index contributed by atoms with van der Waals surface area (Å²) in [6.07, 6.45) is 5.89. The Morgan fingerprint density at radius 2 is 1.62 bits per heavy atom. The smallest absolute Gasteiger partial charge is 0.339 e. The molecule has 1 aliphatic heterocycles. The highest BCUT2D eigenvalue weighted by Crippen LogP contribution is 2.32. The molecule has 3 N–H and O–H groups in total. The molecule has 1 aromatic carbocycles. The summed E-state index contributed by atoms with van der Waals surface area (Å²) in [5, 5.41) is 11.8. The van der Waals surface area contributed by atoms with Crippen molar-refractivity contribution < 1.29 is 33.4 Å². The first-order chi connectivity index (χ1) is 29.5. The third-order valence-electron chi connectivity index (χ3n) is 10.0. The normalized spacial score (nSPS) is 13.8. The highest BCUT2D eigenvalue weighted by Gasteiger charge is 2.22. The van der Waals surface area contributed by atoms with Crippen molar-refractivity contribution in [3.63, 3.8) is 0 Å². The van der Waals surface area contributed by atoms with Gasteiger partial charge in [-0.15, -0.1) is 0 Å². The molecule has 0 aliphatic carbocycles. The second-order valence-corrected chi connectivity index (χ2v) is 15.3. The summed E-state index contributed by atoms with van der Waals surface area (Å²) in [4.78, 5) is 68.8. The van der Waals surface area contributed by atoms with E-state index in [-0.39, 0.29) is 30.2 Å². The summed E-state index contributed by atoms with van der Waals surface area (Å²) in [7, 11) is 1.30. The Kier molecular flexibility index (Phi) is 13.1. The van der Waals surface area contributed by atoms with Crippen molar-refractivity contribution in [2.24, 2.45) is 10.7 Å². The number of nitrogens with zero attached hydrogens (tertiary/aromatic N) is 10. The maximum Gasteiger partial charge on any atom is 0.339 e. The Hall–Kier alpha value is -6.51. The highest BCUT2D eigenvalue weighted by molar-refractivity contribution is 7.16. The number of amides is 3. The molecule has 320 valence electrons. The third-order valence-corrected chi connectivity index (χ3v) is 11.0. The van der Waals surface area contributed by atoms with E-state index < -0.39 is 23.7 Å². The van der Waals surface area contributed by atoms with E-state index in [1.807, 2.05) is 39.8 Å². The Balaban J connectivity index is 1.25. The van der Waals surface area contributed by atoms with Crippen molar-refractivity contribution in [1.82, 2.24) is 43.6 Å². The van der Waals surface area contributed by atoms with Crippen LogP contribution in [0, 0.1) is 13.8 Å². The first kappa shape index (κ1) is 42.6. The number of allylic oxidation sites excluding steroid dienone is 2. The maximum absolute atomic E-state index is 13.8. The van der Waals surface area contributed by atoms with Gasteiger partial charge in [-0.2, -0.15) is 15.2 Å². The van der Waals surface area contributed by atoms with Gasteiger partial charge in [0.2, 0.25) is 11.9 Å². The molecule has 0 bridgehead atoms. The van der Waals surface area contributed by atoms with Crippen molar-refractivity contribution in [3.05, 3.63) is 87.4 Å². The fraction of sp³-hybridized carbons (Fsp3) is 0.390. The summed E-state index contributed by atoms with van der Waals surface area (Å²) in [6, 6.07) is 8.23. The molecule has 6 heterocycles. The van der Waals surface area contributed by atoms with Crippen LogP contribution < -0.4 is 20.6 Å². The van der Waals surface area contributed by atoms with E-state index >= 15 is 0 Å². The molecule has 0 spiro atoms. The molecule has 6 aromatic rings. The quantitative estimate of drug-likeness (QED) is 0.0808. The van der Waals surface area contributed by atoms with Gasteiger partial charge in [0.15, 0.2) is 10.4 Å². The van der Waals surface area contributed by atoms with E-state index in [0.29, 0.717) is 87.6 Å². The van der Waals surface area contributed by atoms with Crippen molar-refractivity contribution in [2.45, 2.75) is 60.3 Å². The molecule has 1 aliphatic rings. The Morgan fingerprint density at radius 1 is 0.934 bits per heavy atom. The number of carbonyl (C=O) groups excluding carboxylic acids is 4. The number of pyridine rings is 1. The molecule has 1 saturated heterocycles. The number of fused-ring (bicyclic) bond motifs is 2. The SMILES string of the molecule is CCn1nc(C)cc1C(=O)N=c1sc2cc(C(=O)OC)cnc2n1C/C=C/Cn1c(NC(=O)c2cc(C)nn2CC)nc2cc(C(N)=O)cc(OCCCN3CCOCC3)c21. The van der Waals surface area contributed by atoms with Crippen LogP contribution in [0.2, 0.25) is 0 Å². The lowest BCUT2D eigenvalue weighted by atomic mass is 10.1. The fourth-order valence-corrected chi connectivity index (χ4v) is 8.12. The lowest BCUT2D eigenvalue weighted by molar-refractivity contribution is 0.0358. The molecular weight excluding hydrogens is 805 g/mol. The molecule has 20 heteroatoms. The summed E-state index contributed by atoms with van der Waals surface area (Å²) < 4.78 is 24.2. The minimum Gasteiger partial charge on any atom is -0.491 e.